The number of nitrogen functional groups attached to an aromatic ring is 2. The fourth-order valence-electron chi connectivity index (χ4n) is 5.22. The third-order valence-corrected chi connectivity index (χ3v) is 9.13. The van der Waals surface area contributed by atoms with Gasteiger partial charge in [0, 0.05) is 6.42 Å². The summed E-state index contributed by atoms with van der Waals surface area (Å²) in [6, 6.07) is 0. The molecule has 0 radical (unpaired) electrons. The molecule has 19 nitrogen and oxygen atoms in total. The third kappa shape index (κ3) is 4.56. The summed E-state index contributed by atoms with van der Waals surface area (Å²) in [5.74, 6) is -0.0793. The minimum Gasteiger partial charge on any atom is -0.393 e. The monoisotopic (exact) mass is 606 g/mol. The molecule has 4 aromatic heterocycles. The molecule has 20 heteroatoms. The summed E-state index contributed by atoms with van der Waals surface area (Å²) in [5, 5.41) is 31.1. The van der Waals surface area contributed by atoms with Crippen LogP contribution < -0.4 is 17.0 Å². The van der Waals surface area contributed by atoms with Crippen LogP contribution in [0.1, 0.15) is 18.9 Å². The van der Waals surface area contributed by atoms with Crippen LogP contribution in [0.4, 0.5) is 11.8 Å². The number of H-pyrrole nitrogens is 1. The van der Waals surface area contributed by atoms with Crippen LogP contribution in [0.25, 0.3) is 22.3 Å². The Hall–Kier alpha value is -3.81. The first-order valence-electron chi connectivity index (χ1n) is 12.6. The lowest BCUT2D eigenvalue weighted by Gasteiger charge is -2.25. The Bertz CT molecular complexity index is 1770. The predicted octanol–water partition coefficient (Wildman–Crippen LogP) is -1.85. The van der Waals surface area contributed by atoms with Gasteiger partial charge in [0.1, 0.15) is 35.8 Å². The Morgan fingerprint density at radius 2 is 1.76 bits per heavy atom. The fraction of sp³-hybridized carbons (Fsp3) is 0.455. The largest absolute Gasteiger partial charge is 0.393 e. The molecule has 6 rings (SSSR count). The molecule has 1 unspecified atom stereocenters. The van der Waals surface area contributed by atoms with Gasteiger partial charge in [-0.25, -0.2) is 19.9 Å². The van der Waals surface area contributed by atoms with Crippen molar-refractivity contribution in [3.8, 4) is 0 Å². The standard InChI is InChI=1S/C22H27N10O9P/c1-8-10(4-33)41-21(32-7-28-12-18(32)29-22(24)30-19(12)36)15(8)42(37,38)39-3-2-9-13(34)14(35)20(40-9)31-6-27-11-16(23)25-5-26-17(11)31/h5-7,9-10,13-15,20-21,33-35H,1-4H2,(H,37,38)(H2,23,25,26)(H3,24,29,30,36)/t9-,10-,13-,14-,15-,20-,21-/m1/s1. The zero-order valence-corrected chi connectivity index (χ0v) is 22.6. The maximum Gasteiger partial charge on any atom is 0.339 e. The van der Waals surface area contributed by atoms with Crippen molar-refractivity contribution in [3.63, 3.8) is 0 Å². The number of nitrogens with two attached hydrogens (primary N) is 2. The van der Waals surface area contributed by atoms with Crippen LogP contribution in [0, 0.1) is 0 Å². The van der Waals surface area contributed by atoms with Crippen LogP contribution in [0.2, 0.25) is 0 Å². The molecule has 0 aliphatic carbocycles. The average molecular weight is 606 g/mol. The summed E-state index contributed by atoms with van der Waals surface area (Å²) in [6.07, 6.45) is -3.50. The summed E-state index contributed by atoms with van der Waals surface area (Å²) in [6.45, 7) is 2.91. The fourth-order valence-corrected chi connectivity index (χ4v) is 6.86. The molecule has 0 saturated carbocycles. The van der Waals surface area contributed by atoms with E-state index in [2.05, 4.69) is 36.5 Å². The Morgan fingerprint density at radius 1 is 1.05 bits per heavy atom. The number of nitrogens with one attached hydrogen (secondary N) is 1. The Balaban J connectivity index is 1.19. The molecule has 0 aromatic carbocycles. The molecule has 2 aliphatic heterocycles. The Labute approximate surface area is 235 Å². The van der Waals surface area contributed by atoms with Gasteiger partial charge in [-0.15, -0.1) is 0 Å². The maximum absolute atomic E-state index is 13.6. The predicted molar refractivity (Wildman–Crippen MR) is 143 cm³/mol. The van der Waals surface area contributed by atoms with Crippen molar-refractivity contribution in [1.82, 2.24) is 39.0 Å². The van der Waals surface area contributed by atoms with Gasteiger partial charge in [0.2, 0.25) is 5.95 Å². The molecule has 2 fully saturated rings. The zero-order chi connectivity index (χ0) is 29.9. The Morgan fingerprint density at radius 3 is 2.50 bits per heavy atom. The van der Waals surface area contributed by atoms with Gasteiger partial charge in [-0.2, -0.15) is 4.98 Å². The van der Waals surface area contributed by atoms with Crippen molar-refractivity contribution < 1.29 is 38.8 Å². The number of hydrogen-bond acceptors (Lipinski definition) is 15. The van der Waals surface area contributed by atoms with Crippen LogP contribution >= 0.6 is 7.60 Å². The number of ether oxygens (including phenoxy) is 2. The van der Waals surface area contributed by atoms with Crippen LogP contribution in [0.15, 0.2) is 35.9 Å². The number of hydrogen-bond donors (Lipinski definition) is 7. The topological polar surface area (TPSA) is 285 Å². The third-order valence-electron chi connectivity index (χ3n) is 7.29. The average Bonchev–Trinajstić information content (AvgIpc) is 3.70. The molecule has 2 aliphatic rings. The molecule has 0 bridgehead atoms. The van der Waals surface area contributed by atoms with Gasteiger partial charge in [0.15, 0.2) is 35.1 Å². The van der Waals surface area contributed by atoms with Crippen LogP contribution in [0.3, 0.4) is 0 Å². The van der Waals surface area contributed by atoms with Gasteiger partial charge < -0.3 is 45.7 Å². The number of aliphatic hydroxyl groups is 3. The summed E-state index contributed by atoms with van der Waals surface area (Å²) in [4.78, 5) is 45.8. The van der Waals surface area contributed by atoms with Crippen LogP contribution in [-0.4, -0.2) is 103 Å². The van der Waals surface area contributed by atoms with Crippen molar-refractivity contribution in [2.45, 2.75) is 49.0 Å². The first kappa shape index (κ1) is 28.3. The van der Waals surface area contributed by atoms with E-state index in [9.17, 15) is 29.6 Å². The SMILES string of the molecule is C=C1[C@@H](P(=O)(O)OCC[C@H]2O[C@@H](n3cnc4c(N)ncnc43)[C@H](O)[C@@H]2O)[C@H](n2cnc3c(=O)[nH]c(N)nc32)O[C@@H]1CO. The summed E-state index contributed by atoms with van der Waals surface area (Å²) < 4.78 is 33.3. The van der Waals surface area contributed by atoms with Crippen molar-refractivity contribution in [3.05, 3.63) is 41.5 Å². The van der Waals surface area contributed by atoms with E-state index in [0.717, 1.165) is 0 Å². The Kier molecular flexibility index (Phi) is 7.06. The number of aliphatic hydroxyl groups excluding tert-OH is 3. The van der Waals surface area contributed by atoms with E-state index in [1.165, 1.54) is 28.1 Å². The second-order valence-electron chi connectivity index (χ2n) is 9.81. The second-order valence-corrected chi connectivity index (χ2v) is 11.8. The van der Waals surface area contributed by atoms with E-state index in [1.54, 1.807) is 0 Å². The number of nitrogens with zero attached hydrogens (tertiary/aromatic N) is 7. The summed E-state index contributed by atoms with van der Waals surface area (Å²) >= 11 is 0. The van der Waals surface area contributed by atoms with Gasteiger partial charge in [0.05, 0.1) is 32.0 Å². The number of fused-ring (bicyclic) bond motifs is 2. The molecule has 8 atom stereocenters. The molecule has 0 spiro atoms. The van der Waals surface area contributed by atoms with Gasteiger partial charge in [-0.3, -0.25) is 23.5 Å². The first-order valence-corrected chi connectivity index (χ1v) is 14.3. The molecular weight excluding hydrogens is 579 g/mol. The minimum absolute atomic E-state index is 0.0146. The highest BCUT2D eigenvalue weighted by Crippen LogP contribution is 2.59. The number of anilines is 2. The highest BCUT2D eigenvalue weighted by atomic mass is 31.2. The lowest BCUT2D eigenvalue weighted by molar-refractivity contribution is -0.0403. The van der Waals surface area contributed by atoms with E-state index < -0.39 is 62.3 Å². The van der Waals surface area contributed by atoms with E-state index in [0.29, 0.717) is 5.52 Å². The van der Waals surface area contributed by atoms with Gasteiger partial charge in [-0.1, -0.05) is 6.58 Å². The molecular formula is C22H27N10O9P. The van der Waals surface area contributed by atoms with Crippen LogP contribution in [0.5, 0.6) is 0 Å². The molecule has 224 valence electrons. The maximum atomic E-state index is 13.6. The normalized spacial score (nSPS) is 29.5. The highest BCUT2D eigenvalue weighted by Gasteiger charge is 2.51. The smallest absolute Gasteiger partial charge is 0.339 e. The first-order chi connectivity index (χ1) is 20.0. The number of aromatic amines is 1. The van der Waals surface area contributed by atoms with Crippen LogP contribution in [-0.2, 0) is 18.6 Å². The molecule has 4 aromatic rings. The number of aromatic nitrogens is 8. The molecule has 9 N–H and O–H groups in total. The lowest BCUT2D eigenvalue weighted by atomic mass is 10.1. The van der Waals surface area contributed by atoms with E-state index in [-0.39, 0.29) is 47.2 Å². The number of rotatable bonds is 8. The van der Waals surface area contributed by atoms with Crippen molar-refractivity contribution >= 4 is 41.7 Å². The molecule has 2 saturated heterocycles. The van der Waals surface area contributed by atoms with E-state index in [1.807, 2.05) is 0 Å². The van der Waals surface area contributed by atoms with Gasteiger partial charge in [0.25, 0.3) is 5.56 Å². The second kappa shape index (κ2) is 10.5. The highest BCUT2D eigenvalue weighted by molar-refractivity contribution is 7.54. The molecule has 6 heterocycles. The van der Waals surface area contributed by atoms with Gasteiger partial charge in [-0.05, 0) is 5.57 Å². The van der Waals surface area contributed by atoms with Crippen molar-refractivity contribution in [1.29, 1.82) is 0 Å². The van der Waals surface area contributed by atoms with Crippen molar-refractivity contribution in [2.75, 3.05) is 24.7 Å². The summed E-state index contributed by atoms with van der Waals surface area (Å²) in [5.41, 5.74) is 10.0. The summed E-state index contributed by atoms with van der Waals surface area (Å²) in [7, 11) is -4.61. The lowest BCUT2D eigenvalue weighted by Crippen LogP contribution is -2.32. The van der Waals surface area contributed by atoms with Gasteiger partial charge >= 0.3 is 7.60 Å². The molecule has 0 amide bonds. The van der Waals surface area contributed by atoms with E-state index in [4.69, 9.17) is 25.5 Å². The van der Waals surface area contributed by atoms with E-state index >= 15 is 0 Å². The van der Waals surface area contributed by atoms with Crippen molar-refractivity contribution in [2.24, 2.45) is 0 Å². The zero-order valence-electron chi connectivity index (χ0n) is 21.7. The quantitative estimate of drug-likeness (QED) is 0.0855. The molecule has 42 heavy (non-hydrogen) atoms. The minimum atomic E-state index is -4.61. The number of imidazole rings is 2.